The number of carbonyl (C=O) groups excluding carboxylic acids is 2. The van der Waals surface area contributed by atoms with Crippen molar-refractivity contribution in [2.75, 3.05) is 5.32 Å². The van der Waals surface area contributed by atoms with Crippen molar-refractivity contribution in [3.63, 3.8) is 0 Å². The minimum atomic E-state index is -0.515. The molecule has 0 spiro atoms. The molecule has 16 heavy (non-hydrogen) atoms. The summed E-state index contributed by atoms with van der Waals surface area (Å²) in [5.41, 5.74) is 6.96. The Balaban J connectivity index is 2.82. The Labute approximate surface area is 94.1 Å². The Morgan fingerprint density at radius 1 is 1.31 bits per heavy atom. The van der Waals surface area contributed by atoms with E-state index in [0.717, 1.165) is 5.57 Å². The van der Waals surface area contributed by atoms with E-state index in [0.29, 0.717) is 11.3 Å². The molecule has 3 N–H and O–H groups in total. The van der Waals surface area contributed by atoms with E-state index in [1.165, 1.54) is 6.08 Å². The van der Waals surface area contributed by atoms with Gasteiger partial charge in [0.25, 0.3) is 0 Å². The molecule has 0 aliphatic carbocycles. The van der Waals surface area contributed by atoms with Crippen LogP contribution in [0.1, 0.15) is 24.2 Å². The first-order chi connectivity index (χ1) is 7.49. The molecular weight excluding hydrogens is 204 g/mol. The van der Waals surface area contributed by atoms with E-state index in [2.05, 4.69) is 5.32 Å². The number of benzene rings is 1. The highest BCUT2D eigenvalue weighted by Gasteiger charge is 2.02. The molecule has 1 aromatic rings. The molecule has 0 aromatic heterocycles. The monoisotopic (exact) mass is 218 g/mol. The molecule has 0 aliphatic rings. The third-order valence-electron chi connectivity index (χ3n) is 1.83. The average molecular weight is 218 g/mol. The molecule has 1 aromatic carbocycles. The normalized spacial score (nSPS) is 9.38. The predicted molar refractivity (Wildman–Crippen MR) is 63.0 cm³/mol. The summed E-state index contributed by atoms with van der Waals surface area (Å²) in [7, 11) is 0. The average Bonchev–Trinajstić information content (AvgIpc) is 2.16. The maximum Gasteiger partial charge on any atom is 0.248 e. The lowest BCUT2D eigenvalue weighted by Gasteiger charge is -2.03. The fourth-order valence-electron chi connectivity index (χ4n) is 1.19. The number of nitrogens with two attached hydrogens (primary N) is 1. The first kappa shape index (κ1) is 12.0. The number of nitrogens with one attached hydrogen (secondary N) is 1. The summed E-state index contributed by atoms with van der Waals surface area (Å²) in [6, 6.07) is 6.50. The Kier molecular flexibility index (Phi) is 3.83. The lowest BCUT2D eigenvalue weighted by Crippen LogP contribution is -2.13. The van der Waals surface area contributed by atoms with E-state index in [1.54, 1.807) is 24.3 Å². The van der Waals surface area contributed by atoms with Crippen LogP contribution in [0.3, 0.4) is 0 Å². The van der Waals surface area contributed by atoms with E-state index in [1.807, 2.05) is 13.8 Å². The van der Waals surface area contributed by atoms with Crippen molar-refractivity contribution in [2.24, 2.45) is 5.73 Å². The molecular formula is C12H14N2O2. The molecule has 2 amide bonds. The van der Waals surface area contributed by atoms with Crippen LogP contribution in [0.2, 0.25) is 0 Å². The van der Waals surface area contributed by atoms with Crippen molar-refractivity contribution >= 4 is 17.5 Å². The van der Waals surface area contributed by atoms with Gasteiger partial charge in [0.05, 0.1) is 0 Å². The van der Waals surface area contributed by atoms with Crippen LogP contribution in [0.15, 0.2) is 35.9 Å². The van der Waals surface area contributed by atoms with E-state index >= 15 is 0 Å². The maximum absolute atomic E-state index is 11.4. The molecule has 0 bridgehead atoms. The van der Waals surface area contributed by atoms with Crippen molar-refractivity contribution < 1.29 is 9.59 Å². The smallest absolute Gasteiger partial charge is 0.248 e. The van der Waals surface area contributed by atoms with Gasteiger partial charge in [-0.05, 0) is 32.0 Å². The Morgan fingerprint density at radius 3 is 2.56 bits per heavy atom. The molecule has 0 unspecified atom stereocenters. The number of carbonyl (C=O) groups is 2. The van der Waals surface area contributed by atoms with Gasteiger partial charge < -0.3 is 11.1 Å². The molecule has 0 saturated carbocycles. The van der Waals surface area contributed by atoms with Crippen LogP contribution in [-0.2, 0) is 4.79 Å². The van der Waals surface area contributed by atoms with Gasteiger partial charge in [0.1, 0.15) is 0 Å². The summed E-state index contributed by atoms with van der Waals surface area (Å²) in [6.45, 7) is 3.67. The SMILES string of the molecule is CC(C)=CC(=O)Nc1cccc(C(N)=O)c1. The van der Waals surface area contributed by atoms with E-state index in [-0.39, 0.29) is 5.91 Å². The molecule has 1 rings (SSSR count). The summed E-state index contributed by atoms with van der Waals surface area (Å²) in [6.07, 6.45) is 1.48. The van der Waals surface area contributed by atoms with E-state index < -0.39 is 5.91 Å². The molecule has 0 aliphatic heterocycles. The highest BCUT2D eigenvalue weighted by molar-refractivity contribution is 6.01. The molecule has 0 heterocycles. The van der Waals surface area contributed by atoms with Gasteiger partial charge in [0, 0.05) is 17.3 Å². The second-order valence-electron chi connectivity index (χ2n) is 3.66. The lowest BCUT2D eigenvalue weighted by atomic mass is 10.2. The second kappa shape index (κ2) is 5.11. The summed E-state index contributed by atoms with van der Waals surface area (Å²) >= 11 is 0. The summed E-state index contributed by atoms with van der Waals surface area (Å²) in [5, 5.41) is 2.65. The van der Waals surface area contributed by atoms with Crippen LogP contribution in [0, 0.1) is 0 Å². The Hall–Kier alpha value is -2.10. The van der Waals surface area contributed by atoms with Gasteiger partial charge in [-0.1, -0.05) is 11.6 Å². The largest absolute Gasteiger partial charge is 0.366 e. The first-order valence-electron chi connectivity index (χ1n) is 4.85. The van der Waals surface area contributed by atoms with Crippen LogP contribution in [0.4, 0.5) is 5.69 Å². The van der Waals surface area contributed by atoms with Gasteiger partial charge >= 0.3 is 0 Å². The van der Waals surface area contributed by atoms with Crippen LogP contribution in [0.25, 0.3) is 0 Å². The number of hydrogen-bond donors (Lipinski definition) is 2. The fourth-order valence-corrected chi connectivity index (χ4v) is 1.19. The zero-order chi connectivity index (χ0) is 12.1. The number of amides is 2. The third-order valence-corrected chi connectivity index (χ3v) is 1.83. The molecule has 0 atom stereocenters. The number of hydrogen-bond acceptors (Lipinski definition) is 2. The molecule has 0 radical (unpaired) electrons. The fraction of sp³-hybridized carbons (Fsp3) is 0.167. The van der Waals surface area contributed by atoms with E-state index in [9.17, 15) is 9.59 Å². The Morgan fingerprint density at radius 2 is 2.00 bits per heavy atom. The van der Waals surface area contributed by atoms with Gasteiger partial charge in [-0.25, -0.2) is 0 Å². The maximum atomic E-state index is 11.4. The van der Waals surface area contributed by atoms with Crippen LogP contribution < -0.4 is 11.1 Å². The van der Waals surface area contributed by atoms with Crippen molar-refractivity contribution in [2.45, 2.75) is 13.8 Å². The second-order valence-corrected chi connectivity index (χ2v) is 3.66. The predicted octanol–water partition coefficient (Wildman–Crippen LogP) is 1.69. The van der Waals surface area contributed by atoms with Crippen molar-refractivity contribution in [3.8, 4) is 0 Å². The Bertz CT molecular complexity index is 446. The summed E-state index contributed by atoms with van der Waals surface area (Å²) in [4.78, 5) is 22.3. The highest BCUT2D eigenvalue weighted by Crippen LogP contribution is 2.10. The minimum Gasteiger partial charge on any atom is -0.366 e. The van der Waals surface area contributed by atoms with Gasteiger partial charge in [0.2, 0.25) is 11.8 Å². The zero-order valence-corrected chi connectivity index (χ0v) is 9.28. The van der Waals surface area contributed by atoms with Gasteiger partial charge in [-0.15, -0.1) is 0 Å². The summed E-state index contributed by atoms with van der Waals surface area (Å²) < 4.78 is 0. The number of anilines is 1. The molecule has 4 heteroatoms. The van der Waals surface area contributed by atoms with Crippen molar-refractivity contribution in [3.05, 3.63) is 41.5 Å². The lowest BCUT2D eigenvalue weighted by molar-refractivity contribution is -0.111. The van der Waals surface area contributed by atoms with E-state index in [4.69, 9.17) is 5.73 Å². The van der Waals surface area contributed by atoms with Crippen molar-refractivity contribution in [1.29, 1.82) is 0 Å². The van der Waals surface area contributed by atoms with Gasteiger partial charge in [-0.2, -0.15) is 0 Å². The van der Waals surface area contributed by atoms with Crippen LogP contribution in [-0.4, -0.2) is 11.8 Å². The first-order valence-corrected chi connectivity index (χ1v) is 4.85. The number of allylic oxidation sites excluding steroid dienone is 1. The number of primary amides is 1. The third kappa shape index (κ3) is 3.57. The summed E-state index contributed by atoms with van der Waals surface area (Å²) in [5.74, 6) is -0.736. The minimum absolute atomic E-state index is 0.221. The highest BCUT2D eigenvalue weighted by atomic mass is 16.1. The quantitative estimate of drug-likeness (QED) is 0.758. The topological polar surface area (TPSA) is 72.2 Å². The molecule has 0 fully saturated rings. The molecule has 4 nitrogen and oxygen atoms in total. The number of rotatable bonds is 3. The standard InChI is InChI=1S/C12H14N2O2/c1-8(2)6-11(15)14-10-5-3-4-9(7-10)12(13)16/h3-7H,1-2H3,(H2,13,16)(H,14,15). The van der Waals surface area contributed by atoms with Crippen LogP contribution in [0.5, 0.6) is 0 Å². The zero-order valence-electron chi connectivity index (χ0n) is 9.28. The molecule has 84 valence electrons. The van der Waals surface area contributed by atoms with Gasteiger partial charge in [0.15, 0.2) is 0 Å². The van der Waals surface area contributed by atoms with Gasteiger partial charge in [-0.3, -0.25) is 9.59 Å². The van der Waals surface area contributed by atoms with Crippen LogP contribution >= 0.6 is 0 Å². The molecule has 0 saturated heterocycles. The van der Waals surface area contributed by atoms with Crippen molar-refractivity contribution in [1.82, 2.24) is 0 Å².